The predicted octanol–water partition coefficient (Wildman–Crippen LogP) is 2.11. The van der Waals surface area contributed by atoms with Crippen molar-refractivity contribution in [2.75, 3.05) is 0 Å². The minimum absolute atomic E-state index is 0.00429. The summed E-state index contributed by atoms with van der Waals surface area (Å²) in [6.07, 6.45) is 3.99. The van der Waals surface area contributed by atoms with Crippen LogP contribution in [0, 0.1) is 12.8 Å². The summed E-state index contributed by atoms with van der Waals surface area (Å²) < 4.78 is 5.71. The number of allylic oxidation sites excluding steroid dienone is 2. The number of amides is 1. The molecule has 1 aliphatic carbocycles. The van der Waals surface area contributed by atoms with E-state index in [9.17, 15) is 29.4 Å². The molecule has 2 aliphatic rings. The first kappa shape index (κ1) is 22.8. The minimum atomic E-state index is -1.62. The molecule has 10 nitrogen and oxygen atoms in total. The number of phenols is 2. The molecule has 0 saturated carbocycles. The zero-order valence-corrected chi connectivity index (χ0v) is 18.8. The van der Waals surface area contributed by atoms with Crippen molar-refractivity contribution in [3.8, 4) is 17.2 Å². The van der Waals surface area contributed by atoms with Crippen LogP contribution in [0.25, 0.3) is 0 Å². The molecule has 3 N–H and O–H groups in total. The summed E-state index contributed by atoms with van der Waals surface area (Å²) >= 11 is 0. The Labute approximate surface area is 194 Å². The van der Waals surface area contributed by atoms with E-state index in [-0.39, 0.29) is 39.5 Å². The Morgan fingerprint density at radius 2 is 1.79 bits per heavy atom. The number of aromatic nitrogens is 1. The van der Waals surface area contributed by atoms with Crippen LogP contribution in [0.15, 0.2) is 41.5 Å². The number of benzene rings is 1. The van der Waals surface area contributed by atoms with Crippen molar-refractivity contribution in [3.63, 3.8) is 0 Å². The van der Waals surface area contributed by atoms with Gasteiger partial charge in [0.05, 0.1) is 11.3 Å². The zero-order valence-electron chi connectivity index (χ0n) is 18.8. The Morgan fingerprint density at radius 3 is 2.41 bits per heavy atom. The highest BCUT2D eigenvalue weighted by molar-refractivity contribution is 6.29. The average molecular weight is 463 g/mol. The largest absolute Gasteiger partial charge is 0.507 e. The van der Waals surface area contributed by atoms with Crippen molar-refractivity contribution in [1.29, 1.82) is 0 Å². The van der Waals surface area contributed by atoms with Gasteiger partial charge >= 0.3 is 0 Å². The summed E-state index contributed by atoms with van der Waals surface area (Å²) in [5.74, 6) is -4.83. The molecule has 0 saturated heterocycles. The quantitative estimate of drug-likeness (QED) is 0.269. The Bertz CT molecular complexity index is 1340. The number of nitrogens with zero attached hydrogens (tertiary/aromatic N) is 2. The maximum atomic E-state index is 13.7. The van der Waals surface area contributed by atoms with E-state index in [1.54, 1.807) is 0 Å². The smallest absolute Gasteiger partial charge is 0.271 e. The van der Waals surface area contributed by atoms with Crippen molar-refractivity contribution in [2.24, 2.45) is 11.0 Å². The van der Waals surface area contributed by atoms with E-state index in [0.29, 0.717) is 0 Å². The summed E-state index contributed by atoms with van der Waals surface area (Å²) in [6, 6.07) is 2.96. The lowest BCUT2D eigenvalue weighted by molar-refractivity contribution is -0.131. The summed E-state index contributed by atoms with van der Waals surface area (Å²) in [7, 11) is 0. The highest BCUT2D eigenvalue weighted by Gasteiger charge is 2.57. The van der Waals surface area contributed by atoms with E-state index in [1.807, 2.05) is 0 Å². The lowest BCUT2D eigenvalue weighted by atomic mass is 9.67. The first-order valence-corrected chi connectivity index (χ1v) is 10.3. The fourth-order valence-electron chi connectivity index (χ4n) is 4.27. The second-order valence-electron chi connectivity index (χ2n) is 8.32. The van der Waals surface area contributed by atoms with Crippen LogP contribution < -0.4 is 10.2 Å². The van der Waals surface area contributed by atoms with Crippen LogP contribution in [0.5, 0.6) is 17.2 Å². The highest BCUT2D eigenvalue weighted by atomic mass is 16.5. The molecule has 0 bridgehead atoms. The number of Topliss-reactive ketones (excluding diaryl/α,β-unsaturated/α-hetero) is 2. The number of pyridine rings is 1. The van der Waals surface area contributed by atoms with E-state index >= 15 is 0 Å². The number of hydrogen-bond donors (Lipinski definition) is 3. The molecule has 1 aliphatic heterocycles. The van der Waals surface area contributed by atoms with Gasteiger partial charge in [0.2, 0.25) is 0 Å². The number of carbonyl (C=O) groups is 4. The van der Waals surface area contributed by atoms with Crippen LogP contribution in [0.2, 0.25) is 0 Å². The van der Waals surface area contributed by atoms with Gasteiger partial charge in [0.1, 0.15) is 39.9 Å². The fraction of sp³-hybridized carbons (Fsp3) is 0.250. The molecule has 1 unspecified atom stereocenters. The van der Waals surface area contributed by atoms with Crippen molar-refractivity contribution >= 4 is 29.0 Å². The van der Waals surface area contributed by atoms with Gasteiger partial charge in [-0.3, -0.25) is 24.2 Å². The zero-order chi connectivity index (χ0) is 24.9. The Balaban J connectivity index is 1.77. The van der Waals surface area contributed by atoms with Crippen LogP contribution in [-0.2, 0) is 15.0 Å². The number of nitrogens with one attached hydrogen (secondary N) is 1. The molecular formula is C24H21N3O7. The van der Waals surface area contributed by atoms with Gasteiger partial charge in [-0.15, -0.1) is 0 Å². The summed E-state index contributed by atoms with van der Waals surface area (Å²) in [4.78, 5) is 54.9. The second-order valence-corrected chi connectivity index (χ2v) is 8.32. The van der Waals surface area contributed by atoms with Gasteiger partial charge in [0, 0.05) is 29.6 Å². The third-order valence-corrected chi connectivity index (χ3v) is 6.20. The van der Waals surface area contributed by atoms with Crippen LogP contribution in [-0.4, -0.2) is 44.2 Å². The average Bonchev–Trinajstić information content (AvgIpc) is 3.09. The second kappa shape index (κ2) is 7.91. The molecule has 1 aromatic carbocycles. The van der Waals surface area contributed by atoms with E-state index in [1.165, 1.54) is 52.2 Å². The van der Waals surface area contributed by atoms with Crippen LogP contribution >= 0.6 is 0 Å². The van der Waals surface area contributed by atoms with E-state index < -0.39 is 46.1 Å². The number of phenolic OH excluding ortho intramolecular Hbond substituents is 2. The van der Waals surface area contributed by atoms with Crippen molar-refractivity contribution in [3.05, 3.63) is 58.6 Å². The molecule has 1 aromatic heterocycles. The van der Waals surface area contributed by atoms with Crippen LogP contribution in [0.4, 0.5) is 0 Å². The molecule has 2 atom stereocenters. The van der Waals surface area contributed by atoms with Gasteiger partial charge in [-0.05, 0) is 39.8 Å². The van der Waals surface area contributed by atoms with Gasteiger partial charge in [0.25, 0.3) is 5.91 Å². The van der Waals surface area contributed by atoms with E-state index in [0.717, 1.165) is 6.08 Å². The SMILES string of the molecule is CC(=O)c1c(O)c(C)c(O)c2c1OC1=CC(=O)C(/C(C)=N/NC(=O)c3ccncc3)C(=O)[C@]12C. The number of hydrazone groups is 1. The topological polar surface area (TPSA) is 155 Å². The van der Waals surface area contributed by atoms with Crippen LogP contribution in [0.1, 0.15) is 52.6 Å². The number of ether oxygens (including phenoxy) is 1. The number of ketones is 3. The van der Waals surface area contributed by atoms with Gasteiger partial charge in [-0.1, -0.05) is 0 Å². The Hall–Kier alpha value is -4.34. The molecule has 10 heteroatoms. The van der Waals surface area contributed by atoms with Crippen molar-refractivity contribution < 1.29 is 34.1 Å². The Morgan fingerprint density at radius 1 is 1.15 bits per heavy atom. The molecular weight excluding hydrogens is 442 g/mol. The van der Waals surface area contributed by atoms with Gasteiger partial charge in [-0.25, -0.2) is 5.43 Å². The number of hydrogen-bond acceptors (Lipinski definition) is 9. The highest BCUT2D eigenvalue weighted by Crippen LogP contribution is 2.57. The lowest BCUT2D eigenvalue weighted by Crippen LogP contribution is -2.47. The summed E-state index contributed by atoms with van der Waals surface area (Å²) in [5, 5.41) is 25.2. The van der Waals surface area contributed by atoms with E-state index in [4.69, 9.17) is 4.74 Å². The number of carbonyl (C=O) groups excluding carboxylic acids is 4. The lowest BCUT2D eigenvalue weighted by Gasteiger charge is -2.31. The maximum absolute atomic E-state index is 13.7. The third-order valence-electron chi connectivity index (χ3n) is 6.20. The van der Waals surface area contributed by atoms with Crippen molar-refractivity contribution in [1.82, 2.24) is 10.4 Å². The predicted molar refractivity (Wildman–Crippen MR) is 119 cm³/mol. The minimum Gasteiger partial charge on any atom is -0.507 e. The first-order chi connectivity index (χ1) is 16.0. The molecule has 174 valence electrons. The monoisotopic (exact) mass is 463 g/mol. The molecule has 0 fully saturated rings. The molecule has 0 spiro atoms. The third kappa shape index (κ3) is 3.18. The Kier molecular flexibility index (Phi) is 5.31. The molecule has 34 heavy (non-hydrogen) atoms. The summed E-state index contributed by atoms with van der Waals surface area (Å²) in [5.41, 5.74) is 0.835. The molecule has 2 heterocycles. The number of aromatic hydroxyl groups is 2. The summed E-state index contributed by atoms with van der Waals surface area (Å²) in [6.45, 7) is 5.51. The van der Waals surface area contributed by atoms with E-state index in [2.05, 4.69) is 15.5 Å². The normalized spacial score (nSPS) is 21.4. The van der Waals surface area contributed by atoms with Gasteiger partial charge in [-0.2, -0.15) is 5.10 Å². The first-order valence-electron chi connectivity index (χ1n) is 10.3. The molecule has 2 aromatic rings. The molecule has 1 amide bonds. The van der Waals surface area contributed by atoms with Crippen LogP contribution in [0.3, 0.4) is 0 Å². The van der Waals surface area contributed by atoms with Gasteiger partial charge < -0.3 is 14.9 Å². The fourth-order valence-corrected chi connectivity index (χ4v) is 4.27. The maximum Gasteiger partial charge on any atom is 0.271 e. The van der Waals surface area contributed by atoms with Crippen molar-refractivity contribution in [2.45, 2.75) is 33.1 Å². The molecule has 4 rings (SSSR count). The number of fused-ring (bicyclic) bond motifs is 3. The standard InChI is InChI=1S/C24H21N3O7/c1-10-19(30)17(12(3)28)21-18(20(10)31)24(4)15(34-21)9-14(29)16(22(24)32)11(2)26-27-23(33)13-5-7-25-8-6-13/h5-9,16,30-31H,1-4H3,(H,27,33)/b26-11+/t16?,24-/m1/s1. The van der Waals surface area contributed by atoms with Gasteiger partial charge in [0.15, 0.2) is 17.3 Å². The molecule has 0 radical (unpaired) electrons. The number of rotatable bonds is 4.